The van der Waals surface area contributed by atoms with Crippen LogP contribution in [0.1, 0.15) is 12.5 Å². The third kappa shape index (κ3) is 6.47. The van der Waals surface area contributed by atoms with E-state index in [9.17, 15) is 4.79 Å². The minimum absolute atomic E-state index is 0.0301. The first-order valence-corrected chi connectivity index (χ1v) is 8.36. The molecule has 1 N–H and O–H groups in total. The maximum Gasteiger partial charge on any atom is 0.258 e. The second-order valence-corrected chi connectivity index (χ2v) is 6.09. The first-order valence-electron chi connectivity index (χ1n) is 8.36. The Hall–Kier alpha value is -2.53. The van der Waals surface area contributed by atoms with Gasteiger partial charge in [-0.2, -0.15) is 0 Å². The van der Waals surface area contributed by atoms with Crippen molar-refractivity contribution in [1.29, 1.82) is 0 Å². The van der Waals surface area contributed by atoms with E-state index in [1.807, 2.05) is 44.3 Å². The highest BCUT2D eigenvalue weighted by Crippen LogP contribution is 2.25. The Balaban J connectivity index is 1.74. The van der Waals surface area contributed by atoms with Crippen molar-refractivity contribution in [3.63, 3.8) is 0 Å². The van der Waals surface area contributed by atoms with Crippen molar-refractivity contribution < 1.29 is 14.3 Å². The highest BCUT2D eigenvalue weighted by molar-refractivity contribution is 5.77. The van der Waals surface area contributed by atoms with E-state index in [0.717, 1.165) is 13.1 Å². The molecule has 0 spiro atoms. The number of carbonyl (C=O) groups excluding carboxylic acids is 1. The van der Waals surface area contributed by atoms with Gasteiger partial charge in [0.05, 0.1) is 7.11 Å². The molecule has 0 saturated heterocycles. The molecule has 2 rings (SSSR count). The highest BCUT2D eigenvalue weighted by atomic mass is 16.5. The summed E-state index contributed by atoms with van der Waals surface area (Å²) in [6.07, 6.45) is 0. The van der Waals surface area contributed by atoms with Crippen LogP contribution in [0.25, 0.3) is 0 Å². The summed E-state index contributed by atoms with van der Waals surface area (Å²) in [5.74, 6) is 1.03. The maximum absolute atomic E-state index is 12.1. The number of rotatable bonds is 9. The van der Waals surface area contributed by atoms with Crippen LogP contribution in [0.3, 0.4) is 0 Å². The molecule has 25 heavy (non-hydrogen) atoms. The fraction of sp³-hybridized carbons (Fsp3) is 0.350. The molecule has 1 atom stereocenters. The van der Waals surface area contributed by atoms with E-state index in [1.165, 1.54) is 5.56 Å². The lowest BCUT2D eigenvalue weighted by Crippen LogP contribution is -2.42. The SMILES string of the molecule is COc1ccccc1OCC(=O)N[C@H](C)CN(C)Cc1ccccc1. The van der Waals surface area contributed by atoms with Gasteiger partial charge in [0.1, 0.15) is 0 Å². The Morgan fingerprint density at radius 3 is 2.40 bits per heavy atom. The Bertz CT molecular complexity index is 661. The van der Waals surface area contributed by atoms with Crippen molar-refractivity contribution in [2.45, 2.75) is 19.5 Å². The molecule has 0 aliphatic rings. The van der Waals surface area contributed by atoms with Crippen molar-refractivity contribution in [2.24, 2.45) is 0 Å². The Morgan fingerprint density at radius 2 is 1.72 bits per heavy atom. The predicted molar refractivity (Wildman–Crippen MR) is 98.9 cm³/mol. The monoisotopic (exact) mass is 342 g/mol. The van der Waals surface area contributed by atoms with E-state index in [2.05, 4.69) is 22.3 Å². The topological polar surface area (TPSA) is 50.8 Å². The number of amides is 1. The summed E-state index contributed by atoms with van der Waals surface area (Å²) in [6.45, 7) is 3.56. The van der Waals surface area contributed by atoms with Gasteiger partial charge in [-0.25, -0.2) is 0 Å². The van der Waals surface area contributed by atoms with Gasteiger partial charge < -0.3 is 19.7 Å². The number of benzene rings is 2. The van der Waals surface area contributed by atoms with Crippen LogP contribution in [-0.2, 0) is 11.3 Å². The highest BCUT2D eigenvalue weighted by Gasteiger charge is 2.12. The summed E-state index contributed by atoms with van der Waals surface area (Å²) in [6, 6.07) is 17.6. The summed E-state index contributed by atoms with van der Waals surface area (Å²) in [5, 5.41) is 2.96. The van der Waals surface area contributed by atoms with Crippen molar-refractivity contribution in [3.05, 3.63) is 60.2 Å². The zero-order valence-electron chi connectivity index (χ0n) is 15.1. The molecule has 2 aromatic carbocycles. The van der Waals surface area contributed by atoms with Crippen molar-refractivity contribution in [3.8, 4) is 11.5 Å². The van der Waals surface area contributed by atoms with Gasteiger partial charge in [-0.15, -0.1) is 0 Å². The largest absolute Gasteiger partial charge is 0.493 e. The Morgan fingerprint density at radius 1 is 1.08 bits per heavy atom. The van der Waals surface area contributed by atoms with Gasteiger partial charge in [-0.1, -0.05) is 42.5 Å². The molecule has 1 amide bonds. The molecule has 5 heteroatoms. The van der Waals surface area contributed by atoms with E-state index in [4.69, 9.17) is 9.47 Å². The fourth-order valence-corrected chi connectivity index (χ4v) is 2.67. The molecule has 0 heterocycles. The van der Waals surface area contributed by atoms with Gasteiger partial charge in [0.2, 0.25) is 0 Å². The van der Waals surface area contributed by atoms with Crippen molar-refractivity contribution in [2.75, 3.05) is 27.3 Å². The van der Waals surface area contributed by atoms with Gasteiger partial charge in [-0.3, -0.25) is 4.79 Å². The first-order chi connectivity index (χ1) is 12.1. The number of hydrogen-bond donors (Lipinski definition) is 1. The summed E-state index contributed by atoms with van der Waals surface area (Å²) in [4.78, 5) is 14.3. The number of likely N-dealkylation sites (N-methyl/N-ethyl adjacent to an activating group) is 1. The quantitative estimate of drug-likeness (QED) is 0.761. The molecule has 5 nitrogen and oxygen atoms in total. The van der Waals surface area contributed by atoms with E-state index in [0.29, 0.717) is 11.5 Å². The summed E-state index contributed by atoms with van der Waals surface area (Å²) < 4.78 is 10.7. The molecule has 0 fully saturated rings. The van der Waals surface area contributed by atoms with Gasteiger partial charge in [0, 0.05) is 19.1 Å². The second-order valence-electron chi connectivity index (χ2n) is 6.09. The van der Waals surface area contributed by atoms with Gasteiger partial charge in [0.15, 0.2) is 18.1 Å². The lowest BCUT2D eigenvalue weighted by atomic mass is 10.2. The zero-order chi connectivity index (χ0) is 18.1. The third-order valence-corrected chi connectivity index (χ3v) is 3.72. The molecular weight excluding hydrogens is 316 g/mol. The number of hydrogen-bond acceptors (Lipinski definition) is 4. The molecule has 0 unspecified atom stereocenters. The molecule has 0 aliphatic carbocycles. The minimum Gasteiger partial charge on any atom is -0.493 e. The van der Waals surface area contributed by atoms with Crippen LogP contribution in [0.2, 0.25) is 0 Å². The molecule has 0 saturated carbocycles. The first kappa shape index (κ1) is 18.8. The summed E-state index contributed by atoms with van der Waals surface area (Å²) >= 11 is 0. The maximum atomic E-state index is 12.1. The summed E-state index contributed by atoms with van der Waals surface area (Å²) in [5.41, 5.74) is 1.25. The van der Waals surface area contributed by atoms with Crippen LogP contribution in [0.5, 0.6) is 11.5 Å². The molecule has 2 aromatic rings. The van der Waals surface area contributed by atoms with Crippen molar-refractivity contribution >= 4 is 5.91 Å². The molecule has 0 aromatic heterocycles. The van der Waals surface area contributed by atoms with Crippen LogP contribution >= 0.6 is 0 Å². The Kier molecular flexibility index (Phi) is 7.29. The van der Waals surface area contributed by atoms with E-state index in [1.54, 1.807) is 19.2 Å². The predicted octanol–water partition coefficient (Wildman–Crippen LogP) is 2.71. The van der Waals surface area contributed by atoms with Crippen LogP contribution in [0.15, 0.2) is 54.6 Å². The fourth-order valence-electron chi connectivity index (χ4n) is 2.67. The third-order valence-electron chi connectivity index (χ3n) is 3.72. The van der Waals surface area contributed by atoms with Crippen LogP contribution in [-0.4, -0.2) is 44.2 Å². The van der Waals surface area contributed by atoms with E-state index >= 15 is 0 Å². The smallest absolute Gasteiger partial charge is 0.258 e. The van der Waals surface area contributed by atoms with Gasteiger partial charge in [-0.05, 0) is 31.7 Å². The van der Waals surface area contributed by atoms with Gasteiger partial charge in [0.25, 0.3) is 5.91 Å². The van der Waals surface area contributed by atoms with E-state index < -0.39 is 0 Å². The van der Waals surface area contributed by atoms with Crippen molar-refractivity contribution in [1.82, 2.24) is 10.2 Å². The van der Waals surface area contributed by atoms with Crippen LogP contribution in [0, 0.1) is 0 Å². The van der Waals surface area contributed by atoms with Crippen LogP contribution in [0.4, 0.5) is 0 Å². The number of nitrogens with zero attached hydrogens (tertiary/aromatic N) is 1. The molecule has 0 bridgehead atoms. The molecule has 0 radical (unpaired) electrons. The molecule has 134 valence electrons. The van der Waals surface area contributed by atoms with Crippen LogP contribution < -0.4 is 14.8 Å². The normalized spacial score (nSPS) is 11.8. The minimum atomic E-state index is -0.147. The van der Waals surface area contributed by atoms with Gasteiger partial charge >= 0.3 is 0 Å². The number of nitrogens with one attached hydrogen (secondary N) is 1. The van der Waals surface area contributed by atoms with E-state index in [-0.39, 0.29) is 18.6 Å². The average molecular weight is 342 g/mol. The lowest BCUT2D eigenvalue weighted by molar-refractivity contribution is -0.123. The second kappa shape index (κ2) is 9.69. The number of ether oxygens (including phenoxy) is 2. The zero-order valence-corrected chi connectivity index (χ0v) is 15.1. The number of carbonyl (C=O) groups is 1. The average Bonchev–Trinajstić information content (AvgIpc) is 2.60. The number of para-hydroxylation sites is 2. The number of methoxy groups -OCH3 is 1. The lowest BCUT2D eigenvalue weighted by Gasteiger charge is -2.22. The standard InChI is InChI=1S/C20H26N2O3/c1-16(13-22(2)14-17-9-5-4-6-10-17)21-20(23)15-25-19-12-8-7-11-18(19)24-3/h4-12,16H,13-15H2,1-3H3,(H,21,23)/t16-/m1/s1. The molecule has 0 aliphatic heterocycles. The summed E-state index contributed by atoms with van der Waals surface area (Å²) in [7, 11) is 3.62. The molecular formula is C20H26N2O3. The Labute approximate surface area is 149 Å².